The molecule has 1 aliphatic rings. The average Bonchev–Trinajstić information content (AvgIpc) is 2.79. The summed E-state index contributed by atoms with van der Waals surface area (Å²) in [5.74, 6) is 1.43. The third-order valence-electron chi connectivity index (χ3n) is 1.91. The summed E-state index contributed by atoms with van der Waals surface area (Å²) in [6.45, 7) is 1.88. The molecule has 0 spiro atoms. The number of halogens is 2. The van der Waals surface area contributed by atoms with E-state index in [1.807, 2.05) is 6.92 Å². The van der Waals surface area contributed by atoms with E-state index in [1.165, 1.54) is 12.8 Å². The zero-order valence-corrected chi connectivity index (χ0v) is 9.56. The van der Waals surface area contributed by atoms with Gasteiger partial charge in [0.15, 0.2) is 0 Å². The minimum Gasteiger partial charge on any atom is -0.237 e. The van der Waals surface area contributed by atoms with Gasteiger partial charge in [0.2, 0.25) is 0 Å². The lowest BCUT2D eigenvalue weighted by molar-refractivity contribution is 0.927. The molecule has 4 heteroatoms. The molecule has 0 radical (unpaired) electrons. The van der Waals surface area contributed by atoms with Crippen molar-refractivity contribution < 1.29 is 0 Å². The first-order valence-corrected chi connectivity index (χ1v) is 5.33. The lowest BCUT2D eigenvalue weighted by Gasteiger charge is -2.03. The highest BCUT2D eigenvalue weighted by Crippen LogP contribution is 2.41. The standard InChI is InChI=1S/C8H8ClIN2/c1-4-11-7(5-2-3-5)6(10)8(9)12-4/h5H,2-3H2,1H3. The molecule has 0 aromatic carbocycles. The van der Waals surface area contributed by atoms with Crippen molar-refractivity contribution in [3.05, 3.63) is 20.2 Å². The van der Waals surface area contributed by atoms with Crippen LogP contribution in [0.2, 0.25) is 5.15 Å². The molecule has 1 aromatic heterocycles. The Morgan fingerprint density at radius 2 is 2.08 bits per heavy atom. The Labute approximate surface area is 89.9 Å². The maximum Gasteiger partial charge on any atom is 0.146 e. The molecule has 0 saturated heterocycles. The van der Waals surface area contributed by atoms with Gasteiger partial charge in [0.1, 0.15) is 11.0 Å². The summed E-state index contributed by atoms with van der Waals surface area (Å²) in [6.07, 6.45) is 2.51. The molecule has 0 amide bonds. The molecular formula is C8H8ClIN2. The SMILES string of the molecule is Cc1nc(Cl)c(I)c(C2CC2)n1. The molecule has 0 aliphatic heterocycles. The van der Waals surface area contributed by atoms with Gasteiger partial charge in [-0.25, -0.2) is 9.97 Å². The highest BCUT2D eigenvalue weighted by atomic mass is 127. The number of aromatic nitrogens is 2. The first-order chi connectivity index (χ1) is 5.68. The smallest absolute Gasteiger partial charge is 0.146 e. The fourth-order valence-electron chi connectivity index (χ4n) is 1.17. The van der Waals surface area contributed by atoms with Crippen LogP contribution in [0.25, 0.3) is 0 Å². The number of hydrogen-bond acceptors (Lipinski definition) is 2. The van der Waals surface area contributed by atoms with Crippen LogP contribution >= 0.6 is 34.2 Å². The molecule has 64 valence electrons. The third-order valence-corrected chi connectivity index (χ3v) is 3.57. The fourth-order valence-corrected chi connectivity index (χ4v) is 2.07. The van der Waals surface area contributed by atoms with Gasteiger partial charge < -0.3 is 0 Å². The van der Waals surface area contributed by atoms with Crippen LogP contribution < -0.4 is 0 Å². The number of nitrogens with zero attached hydrogens (tertiary/aromatic N) is 2. The Morgan fingerprint density at radius 3 is 2.67 bits per heavy atom. The van der Waals surface area contributed by atoms with Crippen molar-refractivity contribution in [1.29, 1.82) is 0 Å². The van der Waals surface area contributed by atoms with E-state index < -0.39 is 0 Å². The van der Waals surface area contributed by atoms with E-state index in [0.29, 0.717) is 11.1 Å². The minimum atomic E-state index is 0.602. The van der Waals surface area contributed by atoms with Crippen molar-refractivity contribution in [1.82, 2.24) is 9.97 Å². The molecule has 2 rings (SSSR count). The predicted octanol–water partition coefficient (Wildman–Crippen LogP) is 2.92. The quantitative estimate of drug-likeness (QED) is 0.588. The van der Waals surface area contributed by atoms with Crippen LogP contribution in [0.1, 0.15) is 30.3 Å². The maximum atomic E-state index is 5.93. The Hall–Kier alpha value is 0.1000. The van der Waals surface area contributed by atoms with Gasteiger partial charge in [0, 0.05) is 5.92 Å². The molecule has 1 heterocycles. The number of rotatable bonds is 1. The largest absolute Gasteiger partial charge is 0.237 e. The molecule has 1 fully saturated rings. The molecule has 2 nitrogen and oxygen atoms in total. The van der Waals surface area contributed by atoms with Gasteiger partial charge in [0.05, 0.1) is 9.26 Å². The van der Waals surface area contributed by atoms with Gasteiger partial charge in [-0.1, -0.05) is 11.6 Å². The number of hydrogen-bond donors (Lipinski definition) is 0. The van der Waals surface area contributed by atoms with Crippen LogP contribution in [0.5, 0.6) is 0 Å². The summed E-state index contributed by atoms with van der Waals surface area (Å²) in [7, 11) is 0. The van der Waals surface area contributed by atoms with Crippen molar-refractivity contribution in [2.45, 2.75) is 25.7 Å². The second-order valence-electron chi connectivity index (χ2n) is 3.04. The summed E-state index contributed by atoms with van der Waals surface area (Å²) in [5, 5.41) is 0.602. The Balaban J connectivity index is 2.51. The second-order valence-corrected chi connectivity index (χ2v) is 4.47. The molecule has 1 saturated carbocycles. The van der Waals surface area contributed by atoms with E-state index in [9.17, 15) is 0 Å². The van der Waals surface area contributed by atoms with Gasteiger partial charge in [-0.2, -0.15) is 0 Å². The van der Waals surface area contributed by atoms with E-state index >= 15 is 0 Å². The van der Waals surface area contributed by atoms with E-state index in [0.717, 1.165) is 15.1 Å². The van der Waals surface area contributed by atoms with E-state index in [1.54, 1.807) is 0 Å². The summed E-state index contributed by atoms with van der Waals surface area (Å²) < 4.78 is 1.03. The van der Waals surface area contributed by atoms with Gasteiger partial charge in [-0.05, 0) is 42.4 Å². The van der Waals surface area contributed by atoms with Crippen LogP contribution in [0.4, 0.5) is 0 Å². The number of aryl methyl sites for hydroxylation is 1. The van der Waals surface area contributed by atoms with Crippen LogP contribution in [-0.2, 0) is 0 Å². The van der Waals surface area contributed by atoms with Crippen LogP contribution in [-0.4, -0.2) is 9.97 Å². The predicted molar refractivity (Wildman–Crippen MR) is 56.5 cm³/mol. The zero-order valence-electron chi connectivity index (χ0n) is 6.64. The molecule has 0 atom stereocenters. The lowest BCUT2D eigenvalue weighted by Crippen LogP contribution is -1.98. The average molecular weight is 295 g/mol. The fraction of sp³-hybridized carbons (Fsp3) is 0.500. The van der Waals surface area contributed by atoms with Crippen molar-refractivity contribution in [2.75, 3.05) is 0 Å². The normalized spacial score (nSPS) is 16.6. The van der Waals surface area contributed by atoms with Crippen LogP contribution in [0.15, 0.2) is 0 Å². The first kappa shape index (κ1) is 8.69. The Bertz CT molecular complexity index is 323. The topological polar surface area (TPSA) is 25.8 Å². The summed E-state index contributed by atoms with van der Waals surface area (Å²) in [4.78, 5) is 8.48. The van der Waals surface area contributed by atoms with Crippen LogP contribution in [0, 0.1) is 10.5 Å². The highest BCUT2D eigenvalue weighted by molar-refractivity contribution is 14.1. The molecular weight excluding hydrogens is 286 g/mol. The summed E-state index contributed by atoms with van der Waals surface area (Å²) >= 11 is 8.15. The second kappa shape index (κ2) is 3.10. The molecule has 1 aliphatic carbocycles. The first-order valence-electron chi connectivity index (χ1n) is 3.88. The van der Waals surface area contributed by atoms with Crippen molar-refractivity contribution in [3.63, 3.8) is 0 Å². The van der Waals surface area contributed by atoms with Gasteiger partial charge in [-0.3, -0.25) is 0 Å². The maximum absolute atomic E-state index is 5.93. The molecule has 1 aromatic rings. The monoisotopic (exact) mass is 294 g/mol. The zero-order chi connectivity index (χ0) is 8.72. The molecule has 0 bridgehead atoms. The minimum absolute atomic E-state index is 0.602. The van der Waals surface area contributed by atoms with Crippen molar-refractivity contribution in [3.8, 4) is 0 Å². The van der Waals surface area contributed by atoms with Crippen molar-refractivity contribution >= 4 is 34.2 Å². The summed E-state index contributed by atoms with van der Waals surface area (Å²) in [5.41, 5.74) is 1.15. The Kier molecular flexibility index (Phi) is 2.25. The Morgan fingerprint density at radius 1 is 1.42 bits per heavy atom. The molecule has 12 heavy (non-hydrogen) atoms. The van der Waals surface area contributed by atoms with E-state index in [2.05, 4.69) is 32.6 Å². The molecule has 0 unspecified atom stereocenters. The van der Waals surface area contributed by atoms with Gasteiger partial charge in [0.25, 0.3) is 0 Å². The third kappa shape index (κ3) is 1.57. The lowest BCUT2D eigenvalue weighted by atomic mass is 10.3. The van der Waals surface area contributed by atoms with Crippen molar-refractivity contribution in [2.24, 2.45) is 0 Å². The van der Waals surface area contributed by atoms with Gasteiger partial charge >= 0.3 is 0 Å². The van der Waals surface area contributed by atoms with Crippen LogP contribution in [0.3, 0.4) is 0 Å². The molecule has 0 N–H and O–H groups in total. The van der Waals surface area contributed by atoms with E-state index in [4.69, 9.17) is 11.6 Å². The highest BCUT2D eigenvalue weighted by Gasteiger charge is 2.28. The summed E-state index contributed by atoms with van der Waals surface area (Å²) in [6, 6.07) is 0. The van der Waals surface area contributed by atoms with E-state index in [-0.39, 0.29) is 0 Å². The van der Waals surface area contributed by atoms with Gasteiger partial charge in [-0.15, -0.1) is 0 Å².